The number of anilines is 1. The molecule has 6 heteroatoms. The number of nitrogens with zero attached hydrogens (tertiary/aromatic N) is 1. The van der Waals surface area contributed by atoms with Crippen LogP contribution in [-0.4, -0.2) is 31.5 Å². The summed E-state index contributed by atoms with van der Waals surface area (Å²) in [5.41, 5.74) is 2.52. The molecule has 1 aliphatic rings. The van der Waals surface area contributed by atoms with E-state index in [4.69, 9.17) is 0 Å². The van der Waals surface area contributed by atoms with E-state index >= 15 is 0 Å². The summed E-state index contributed by atoms with van der Waals surface area (Å²) in [6.07, 6.45) is -0.114. The standard InChI is InChI=1S/C20H23NO4S/c1-14-7-9-19(10-8-14)26(24,25)21-17(13-18(23)11-15(2)22)12-16-5-3-4-6-20(16)21/h3-10,15,17,22H,11-13H2,1-2H3. The molecule has 2 aromatic rings. The molecular formula is C20H23NO4S. The Balaban J connectivity index is 1.99. The van der Waals surface area contributed by atoms with Crippen LogP contribution in [0.15, 0.2) is 53.4 Å². The lowest BCUT2D eigenvalue weighted by Gasteiger charge is -2.27. The van der Waals surface area contributed by atoms with Gasteiger partial charge in [0.25, 0.3) is 10.0 Å². The van der Waals surface area contributed by atoms with E-state index in [0.29, 0.717) is 12.1 Å². The number of fused-ring (bicyclic) bond motifs is 1. The number of sulfonamides is 1. The van der Waals surface area contributed by atoms with Gasteiger partial charge < -0.3 is 5.11 Å². The molecule has 2 atom stereocenters. The van der Waals surface area contributed by atoms with Crippen LogP contribution in [0.4, 0.5) is 5.69 Å². The van der Waals surface area contributed by atoms with Gasteiger partial charge in [0.05, 0.1) is 22.7 Å². The maximum absolute atomic E-state index is 13.3. The SMILES string of the molecule is Cc1ccc(S(=O)(=O)N2c3ccccc3CC2CC(=O)CC(C)O)cc1. The molecule has 0 saturated carbocycles. The van der Waals surface area contributed by atoms with Gasteiger partial charge in [0, 0.05) is 12.8 Å². The lowest BCUT2D eigenvalue weighted by Crippen LogP contribution is -2.39. The zero-order valence-electron chi connectivity index (χ0n) is 14.9. The Morgan fingerprint density at radius 1 is 1.19 bits per heavy atom. The van der Waals surface area contributed by atoms with Gasteiger partial charge in [-0.2, -0.15) is 0 Å². The van der Waals surface area contributed by atoms with Crippen LogP contribution in [0.5, 0.6) is 0 Å². The minimum absolute atomic E-state index is 0.0330. The Bertz CT molecular complexity index is 904. The number of hydrogen-bond acceptors (Lipinski definition) is 4. The summed E-state index contributed by atoms with van der Waals surface area (Å²) in [5, 5.41) is 9.45. The highest BCUT2D eigenvalue weighted by Crippen LogP contribution is 2.38. The smallest absolute Gasteiger partial charge is 0.264 e. The van der Waals surface area contributed by atoms with E-state index in [1.54, 1.807) is 43.3 Å². The van der Waals surface area contributed by atoms with Gasteiger partial charge in [0.1, 0.15) is 5.78 Å². The molecule has 5 nitrogen and oxygen atoms in total. The van der Waals surface area contributed by atoms with Gasteiger partial charge in [-0.05, 0) is 44.0 Å². The van der Waals surface area contributed by atoms with Crippen molar-refractivity contribution in [3.05, 3.63) is 59.7 Å². The Labute approximate surface area is 154 Å². The Morgan fingerprint density at radius 2 is 1.85 bits per heavy atom. The van der Waals surface area contributed by atoms with Crippen molar-refractivity contribution in [2.24, 2.45) is 0 Å². The van der Waals surface area contributed by atoms with Crippen molar-refractivity contribution in [3.8, 4) is 0 Å². The predicted molar refractivity (Wildman–Crippen MR) is 101 cm³/mol. The number of carbonyl (C=O) groups is 1. The molecule has 26 heavy (non-hydrogen) atoms. The Kier molecular flexibility index (Phi) is 5.16. The summed E-state index contributed by atoms with van der Waals surface area (Å²) in [7, 11) is -3.77. The first-order valence-electron chi connectivity index (χ1n) is 8.68. The second kappa shape index (κ2) is 7.21. The zero-order valence-corrected chi connectivity index (χ0v) is 15.7. The van der Waals surface area contributed by atoms with Crippen LogP contribution < -0.4 is 4.31 Å². The monoisotopic (exact) mass is 373 g/mol. The Morgan fingerprint density at radius 3 is 2.50 bits per heavy atom. The van der Waals surface area contributed by atoms with Crippen LogP contribution in [0, 0.1) is 6.92 Å². The minimum Gasteiger partial charge on any atom is -0.393 e. The summed E-state index contributed by atoms with van der Waals surface area (Å²) in [5.74, 6) is -0.137. The molecule has 0 aliphatic carbocycles. The van der Waals surface area contributed by atoms with Crippen LogP contribution in [0.25, 0.3) is 0 Å². The molecule has 0 bridgehead atoms. The van der Waals surface area contributed by atoms with Crippen LogP contribution in [0.2, 0.25) is 0 Å². The van der Waals surface area contributed by atoms with Crippen molar-refractivity contribution in [2.45, 2.75) is 50.2 Å². The zero-order chi connectivity index (χ0) is 18.9. The van der Waals surface area contributed by atoms with Crippen molar-refractivity contribution in [1.29, 1.82) is 0 Å². The third-order valence-electron chi connectivity index (χ3n) is 4.58. The molecule has 0 amide bonds. The number of Topliss-reactive ketones (excluding diaryl/α,β-unsaturated/α-hetero) is 1. The normalized spacial score (nSPS) is 17.8. The molecule has 2 aromatic carbocycles. The van der Waals surface area contributed by atoms with Crippen molar-refractivity contribution >= 4 is 21.5 Å². The average Bonchev–Trinajstić information content (AvgIpc) is 2.92. The molecule has 0 saturated heterocycles. The van der Waals surface area contributed by atoms with Crippen LogP contribution in [-0.2, 0) is 21.2 Å². The minimum atomic E-state index is -3.77. The highest BCUT2D eigenvalue weighted by Gasteiger charge is 2.39. The van der Waals surface area contributed by atoms with Crippen molar-refractivity contribution in [3.63, 3.8) is 0 Å². The summed E-state index contributed by atoms with van der Waals surface area (Å²) in [6.45, 7) is 3.46. The van der Waals surface area contributed by atoms with Crippen LogP contribution in [0.1, 0.15) is 30.9 Å². The van der Waals surface area contributed by atoms with Gasteiger partial charge in [-0.25, -0.2) is 8.42 Å². The first kappa shape index (κ1) is 18.6. The number of aliphatic hydroxyl groups is 1. The molecule has 1 aliphatic heterocycles. The maximum Gasteiger partial charge on any atom is 0.264 e. The number of ketones is 1. The van der Waals surface area contributed by atoms with E-state index in [9.17, 15) is 18.3 Å². The quantitative estimate of drug-likeness (QED) is 0.845. The van der Waals surface area contributed by atoms with Gasteiger partial charge in [0.2, 0.25) is 0 Å². The first-order valence-corrected chi connectivity index (χ1v) is 10.1. The lowest BCUT2D eigenvalue weighted by atomic mass is 10.0. The van der Waals surface area contributed by atoms with Gasteiger partial charge in [-0.15, -0.1) is 0 Å². The van der Waals surface area contributed by atoms with Gasteiger partial charge in [0.15, 0.2) is 0 Å². The highest BCUT2D eigenvalue weighted by molar-refractivity contribution is 7.92. The highest BCUT2D eigenvalue weighted by atomic mass is 32.2. The van der Waals surface area contributed by atoms with Crippen LogP contribution >= 0.6 is 0 Å². The molecule has 2 unspecified atom stereocenters. The first-order chi connectivity index (χ1) is 12.3. The molecule has 1 heterocycles. The number of aryl methyl sites for hydroxylation is 1. The van der Waals surface area contributed by atoms with Gasteiger partial charge in [-0.1, -0.05) is 35.9 Å². The summed E-state index contributed by atoms with van der Waals surface area (Å²) in [4.78, 5) is 12.4. The summed E-state index contributed by atoms with van der Waals surface area (Å²) in [6, 6.07) is 13.6. The number of aliphatic hydroxyl groups excluding tert-OH is 1. The molecule has 1 N–H and O–H groups in total. The number of carbonyl (C=O) groups excluding carboxylic acids is 1. The summed E-state index contributed by atoms with van der Waals surface area (Å²) < 4.78 is 28.0. The number of para-hydroxylation sites is 1. The molecule has 0 radical (unpaired) electrons. The molecule has 0 aromatic heterocycles. The number of benzene rings is 2. The second-order valence-corrected chi connectivity index (χ2v) is 8.71. The topological polar surface area (TPSA) is 74.7 Å². The van der Waals surface area contributed by atoms with E-state index in [2.05, 4.69) is 0 Å². The van der Waals surface area contributed by atoms with E-state index in [1.165, 1.54) is 4.31 Å². The third-order valence-corrected chi connectivity index (χ3v) is 6.46. The fraction of sp³-hybridized carbons (Fsp3) is 0.350. The summed E-state index contributed by atoms with van der Waals surface area (Å²) >= 11 is 0. The van der Waals surface area contributed by atoms with Gasteiger partial charge in [-0.3, -0.25) is 9.10 Å². The van der Waals surface area contributed by atoms with E-state index in [1.807, 2.05) is 19.1 Å². The molecular weight excluding hydrogens is 350 g/mol. The largest absolute Gasteiger partial charge is 0.393 e. The second-order valence-electron chi connectivity index (χ2n) is 6.90. The van der Waals surface area contributed by atoms with Crippen molar-refractivity contribution < 1.29 is 18.3 Å². The molecule has 0 spiro atoms. The average molecular weight is 373 g/mol. The van der Waals surface area contributed by atoms with Crippen molar-refractivity contribution in [2.75, 3.05) is 4.31 Å². The predicted octanol–water partition coefficient (Wildman–Crippen LogP) is 2.85. The van der Waals surface area contributed by atoms with Crippen LogP contribution in [0.3, 0.4) is 0 Å². The van der Waals surface area contributed by atoms with Gasteiger partial charge >= 0.3 is 0 Å². The fourth-order valence-electron chi connectivity index (χ4n) is 3.41. The number of rotatable bonds is 6. The van der Waals surface area contributed by atoms with E-state index in [0.717, 1.165) is 11.1 Å². The molecule has 0 fully saturated rings. The third kappa shape index (κ3) is 3.66. The fourth-order valence-corrected chi connectivity index (χ4v) is 5.10. The van der Waals surface area contributed by atoms with E-state index in [-0.39, 0.29) is 23.5 Å². The molecule has 138 valence electrons. The van der Waals surface area contributed by atoms with E-state index < -0.39 is 22.2 Å². The Hall–Kier alpha value is -2.18. The maximum atomic E-state index is 13.3. The number of hydrogen-bond donors (Lipinski definition) is 1. The molecule has 3 rings (SSSR count). The lowest BCUT2D eigenvalue weighted by molar-refractivity contribution is -0.120. The van der Waals surface area contributed by atoms with Crippen molar-refractivity contribution in [1.82, 2.24) is 0 Å².